The number of piperidine rings is 1. The molecule has 2 fully saturated rings. The highest BCUT2D eigenvalue weighted by Gasteiger charge is 2.49. The lowest BCUT2D eigenvalue weighted by Gasteiger charge is -2.38. The third-order valence-electron chi connectivity index (χ3n) is 3.82. The van der Waals surface area contributed by atoms with Gasteiger partial charge in [0.2, 0.25) is 5.91 Å². The molecule has 2 heterocycles. The predicted octanol–water partition coefficient (Wildman–Crippen LogP) is -0.686. The molecule has 4 N–H and O–H groups in total. The van der Waals surface area contributed by atoms with Gasteiger partial charge in [0.1, 0.15) is 5.54 Å². The van der Waals surface area contributed by atoms with Crippen LogP contribution in [0.3, 0.4) is 0 Å². The number of carbonyl (C=O) groups excluding carboxylic acids is 3. The highest BCUT2D eigenvalue weighted by Crippen LogP contribution is 2.25. The number of imide groups is 1. The Hall–Kier alpha value is -1.63. The van der Waals surface area contributed by atoms with E-state index in [9.17, 15) is 14.4 Å². The summed E-state index contributed by atoms with van der Waals surface area (Å²) in [6.45, 7) is 2.78. The zero-order valence-electron chi connectivity index (χ0n) is 11.1. The van der Waals surface area contributed by atoms with Crippen LogP contribution in [0.1, 0.15) is 32.6 Å². The van der Waals surface area contributed by atoms with Crippen LogP contribution in [-0.2, 0) is 9.59 Å². The molecule has 2 aliphatic heterocycles. The minimum atomic E-state index is -0.943. The number of nitrogens with one attached hydrogen (secondary N) is 2. The first kappa shape index (κ1) is 13.8. The molecule has 2 unspecified atom stereocenters. The quantitative estimate of drug-likeness (QED) is 0.589. The van der Waals surface area contributed by atoms with Crippen molar-refractivity contribution in [3.63, 3.8) is 0 Å². The van der Waals surface area contributed by atoms with Crippen LogP contribution < -0.4 is 16.4 Å². The van der Waals surface area contributed by atoms with Crippen molar-refractivity contribution in [1.82, 2.24) is 15.5 Å². The average molecular weight is 268 g/mol. The monoisotopic (exact) mass is 268 g/mol. The second-order valence-corrected chi connectivity index (χ2v) is 5.28. The molecule has 2 saturated heterocycles. The van der Waals surface area contributed by atoms with Gasteiger partial charge in [-0.2, -0.15) is 0 Å². The third-order valence-corrected chi connectivity index (χ3v) is 3.82. The fourth-order valence-electron chi connectivity index (χ4n) is 2.58. The number of nitrogens with two attached hydrogens (primary N) is 1. The smallest absolute Gasteiger partial charge is 0.322 e. The molecule has 0 aliphatic carbocycles. The molecule has 7 heteroatoms. The van der Waals surface area contributed by atoms with Gasteiger partial charge in [-0.05, 0) is 19.3 Å². The van der Waals surface area contributed by atoms with Crippen LogP contribution in [-0.4, -0.2) is 47.4 Å². The minimum absolute atomic E-state index is 0.0534. The fourth-order valence-corrected chi connectivity index (χ4v) is 2.58. The van der Waals surface area contributed by atoms with Gasteiger partial charge in [0, 0.05) is 19.0 Å². The number of rotatable bonds is 3. The number of amides is 4. The number of hydrogen-bond acceptors (Lipinski definition) is 4. The summed E-state index contributed by atoms with van der Waals surface area (Å²) in [6.07, 6.45) is 2.28. The molecule has 106 valence electrons. The summed E-state index contributed by atoms with van der Waals surface area (Å²) in [5.74, 6) is -0.392. The van der Waals surface area contributed by atoms with Gasteiger partial charge in [0.15, 0.2) is 0 Å². The maximum atomic E-state index is 12.1. The molecule has 19 heavy (non-hydrogen) atoms. The Morgan fingerprint density at radius 2 is 2.26 bits per heavy atom. The Balaban J connectivity index is 2.03. The Kier molecular flexibility index (Phi) is 3.75. The highest BCUT2D eigenvalue weighted by molar-refractivity contribution is 6.07. The molecule has 2 aliphatic rings. The maximum Gasteiger partial charge on any atom is 0.322 e. The Bertz CT molecular complexity index is 412. The van der Waals surface area contributed by atoms with Crippen molar-refractivity contribution in [3.05, 3.63) is 0 Å². The first-order chi connectivity index (χ1) is 8.97. The van der Waals surface area contributed by atoms with E-state index in [-0.39, 0.29) is 30.8 Å². The summed E-state index contributed by atoms with van der Waals surface area (Å²) < 4.78 is 0. The van der Waals surface area contributed by atoms with Crippen molar-refractivity contribution in [2.45, 2.75) is 44.2 Å². The van der Waals surface area contributed by atoms with Crippen molar-refractivity contribution in [2.24, 2.45) is 5.73 Å². The molecule has 0 aromatic heterocycles. The summed E-state index contributed by atoms with van der Waals surface area (Å²) in [4.78, 5) is 36.8. The van der Waals surface area contributed by atoms with Crippen LogP contribution in [0.15, 0.2) is 0 Å². The zero-order valence-corrected chi connectivity index (χ0v) is 11.1. The molecule has 2 rings (SSSR count). The number of urea groups is 1. The minimum Gasteiger partial charge on any atom is -0.340 e. The number of likely N-dealkylation sites (tertiary alicyclic amines) is 1. The predicted molar refractivity (Wildman–Crippen MR) is 68.1 cm³/mol. The molecular formula is C12H20N4O3. The van der Waals surface area contributed by atoms with Crippen LogP contribution in [0.25, 0.3) is 0 Å². The van der Waals surface area contributed by atoms with Gasteiger partial charge < -0.3 is 16.0 Å². The van der Waals surface area contributed by atoms with Crippen molar-refractivity contribution in [3.8, 4) is 0 Å². The number of hydrogen-bond donors (Lipinski definition) is 3. The van der Waals surface area contributed by atoms with E-state index in [1.54, 1.807) is 4.90 Å². The van der Waals surface area contributed by atoms with Crippen LogP contribution >= 0.6 is 0 Å². The van der Waals surface area contributed by atoms with Gasteiger partial charge in [-0.3, -0.25) is 14.9 Å². The SMILES string of the molecule is CCC(N)CC(=O)N1CCCC2(C1)NC(=O)NC2=O. The lowest BCUT2D eigenvalue weighted by molar-refractivity contribution is -0.136. The standard InChI is InChI=1S/C12H20N4O3/c1-2-8(13)6-9(17)16-5-3-4-12(7-16)10(18)14-11(19)15-12/h8H,2-7,13H2,1H3,(H2,14,15,18,19). The Morgan fingerprint density at radius 3 is 2.84 bits per heavy atom. The van der Waals surface area contributed by atoms with Crippen LogP contribution in [0.5, 0.6) is 0 Å². The largest absolute Gasteiger partial charge is 0.340 e. The molecule has 2 atom stereocenters. The Morgan fingerprint density at radius 1 is 1.53 bits per heavy atom. The van der Waals surface area contributed by atoms with Gasteiger partial charge >= 0.3 is 6.03 Å². The van der Waals surface area contributed by atoms with Crippen molar-refractivity contribution in [2.75, 3.05) is 13.1 Å². The lowest BCUT2D eigenvalue weighted by atomic mass is 9.89. The average Bonchev–Trinajstić information content (AvgIpc) is 2.63. The van der Waals surface area contributed by atoms with Crippen LogP contribution in [0.4, 0.5) is 4.79 Å². The topological polar surface area (TPSA) is 105 Å². The maximum absolute atomic E-state index is 12.1. The van der Waals surface area contributed by atoms with E-state index < -0.39 is 11.6 Å². The molecule has 0 aromatic rings. The molecule has 7 nitrogen and oxygen atoms in total. The lowest BCUT2D eigenvalue weighted by Crippen LogP contribution is -2.59. The summed E-state index contributed by atoms with van der Waals surface area (Å²) in [6, 6.07) is -0.637. The van der Waals surface area contributed by atoms with E-state index in [1.807, 2.05) is 6.92 Å². The summed E-state index contributed by atoms with van der Waals surface area (Å²) in [5, 5.41) is 4.88. The van der Waals surface area contributed by atoms with E-state index in [0.717, 1.165) is 6.42 Å². The van der Waals surface area contributed by atoms with E-state index in [4.69, 9.17) is 5.73 Å². The van der Waals surface area contributed by atoms with Gasteiger partial charge in [0.25, 0.3) is 5.91 Å². The zero-order chi connectivity index (χ0) is 14.0. The van der Waals surface area contributed by atoms with Crippen LogP contribution in [0.2, 0.25) is 0 Å². The van der Waals surface area contributed by atoms with E-state index in [0.29, 0.717) is 19.4 Å². The third kappa shape index (κ3) is 2.70. The van der Waals surface area contributed by atoms with Gasteiger partial charge in [-0.1, -0.05) is 6.92 Å². The molecule has 1 spiro atoms. The van der Waals surface area contributed by atoms with E-state index >= 15 is 0 Å². The van der Waals surface area contributed by atoms with Crippen LogP contribution in [0, 0.1) is 0 Å². The summed E-state index contributed by atoms with van der Waals surface area (Å²) in [7, 11) is 0. The van der Waals surface area contributed by atoms with E-state index in [1.165, 1.54) is 0 Å². The highest BCUT2D eigenvalue weighted by atomic mass is 16.2. The van der Waals surface area contributed by atoms with Crippen molar-refractivity contribution >= 4 is 17.8 Å². The van der Waals surface area contributed by atoms with Gasteiger partial charge in [0.05, 0.1) is 6.54 Å². The Labute approximate surface area is 111 Å². The van der Waals surface area contributed by atoms with Gasteiger partial charge in [-0.15, -0.1) is 0 Å². The fraction of sp³-hybridized carbons (Fsp3) is 0.750. The summed E-state index contributed by atoms with van der Waals surface area (Å²) in [5.41, 5.74) is 4.84. The van der Waals surface area contributed by atoms with Crippen molar-refractivity contribution < 1.29 is 14.4 Å². The van der Waals surface area contributed by atoms with Crippen molar-refractivity contribution in [1.29, 1.82) is 0 Å². The van der Waals surface area contributed by atoms with Gasteiger partial charge in [-0.25, -0.2) is 4.79 Å². The molecule has 4 amide bonds. The molecular weight excluding hydrogens is 248 g/mol. The second-order valence-electron chi connectivity index (χ2n) is 5.28. The second kappa shape index (κ2) is 5.16. The summed E-state index contributed by atoms with van der Waals surface area (Å²) >= 11 is 0. The molecule has 0 bridgehead atoms. The number of nitrogens with zero attached hydrogens (tertiary/aromatic N) is 1. The van der Waals surface area contributed by atoms with E-state index in [2.05, 4.69) is 10.6 Å². The molecule has 0 saturated carbocycles. The normalized spacial score (nSPS) is 28.2. The molecule has 0 aromatic carbocycles. The first-order valence-corrected chi connectivity index (χ1v) is 6.64. The molecule has 0 radical (unpaired) electrons. The first-order valence-electron chi connectivity index (χ1n) is 6.64. The number of carbonyl (C=O) groups is 3.